The summed E-state index contributed by atoms with van der Waals surface area (Å²) in [5.74, 6) is 0. The summed E-state index contributed by atoms with van der Waals surface area (Å²) in [6.07, 6.45) is 4.77. The van der Waals surface area contributed by atoms with E-state index in [0.717, 1.165) is 6.42 Å². The first-order chi connectivity index (χ1) is 11.2. The molecule has 0 aliphatic heterocycles. The lowest BCUT2D eigenvalue weighted by molar-refractivity contribution is 0.296. The molecule has 0 radical (unpaired) electrons. The van der Waals surface area contributed by atoms with Crippen LogP contribution in [0.3, 0.4) is 0 Å². The molecule has 0 aliphatic carbocycles. The summed E-state index contributed by atoms with van der Waals surface area (Å²) < 4.78 is 0. The van der Waals surface area contributed by atoms with Crippen molar-refractivity contribution in [3.05, 3.63) is 59.7 Å². The molecule has 0 saturated heterocycles. The van der Waals surface area contributed by atoms with Gasteiger partial charge in [-0.05, 0) is 45.9 Å². The van der Waals surface area contributed by atoms with Crippen LogP contribution in [0.15, 0.2) is 48.5 Å². The van der Waals surface area contributed by atoms with Crippen molar-refractivity contribution in [2.24, 2.45) is 10.8 Å². The smallest absolute Gasteiger partial charge is 0.0184 e. The molecule has 0 heteroatoms. The van der Waals surface area contributed by atoms with Crippen LogP contribution in [0.25, 0.3) is 11.1 Å². The van der Waals surface area contributed by atoms with Crippen LogP contribution in [0.1, 0.15) is 65.5 Å². The second kappa shape index (κ2) is 7.55. The summed E-state index contributed by atoms with van der Waals surface area (Å²) in [7, 11) is 0. The van der Waals surface area contributed by atoms with Crippen molar-refractivity contribution in [1.82, 2.24) is 0 Å². The second-order valence-corrected chi connectivity index (χ2v) is 8.83. The molecule has 0 fully saturated rings. The topological polar surface area (TPSA) is 0 Å². The minimum atomic E-state index is 0.342. The monoisotopic (exact) mass is 322 g/mol. The fourth-order valence-corrected chi connectivity index (χ4v) is 3.24. The molecule has 24 heavy (non-hydrogen) atoms. The standard InChI is InChI=1S/C24H34/c1-7-24(6,8-2)18-20-11-15-22(16-12-20)21-13-9-19(10-14-21)17-23(3,4)5/h9-16H,7-8,17-18H2,1-6H3. The molecule has 0 saturated carbocycles. The third kappa shape index (κ3) is 5.23. The zero-order valence-electron chi connectivity index (χ0n) is 16.4. The Morgan fingerprint density at radius 1 is 0.583 bits per heavy atom. The van der Waals surface area contributed by atoms with Crippen molar-refractivity contribution < 1.29 is 0 Å². The van der Waals surface area contributed by atoms with Crippen molar-refractivity contribution in [2.75, 3.05) is 0 Å². The number of benzene rings is 2. The summed E-state index contributed by atoms with van der Waals surface area (Å²) in [5.41, 5.74) is 6.27. The lowest BCUT2D eigenvalue weighted by Crippen LogP contribution is -2.17. The molecule has 2 aromatic carbocycles. The van der Waals surface area contributed by atoms with Gasteiger partial charge in [0.15, 0.2) is 0 Å². The zero-order valence-corrected chi connectivity index (χ0v) is 16.4. The maximum Gasteiger partial charge on any atom is -0.0184 e. The molecule has 0 bridgehead atoms. The third-order valence-corrected chi connectivity index (χ3v) is 5.31. The van der Waals surface area contributed by atoms with Gasteiger partial charge in [0.25, 0.3) is 0 Å². The van der Waals surface area contributed by atoms with Gasteiger partial charge < -0.3 is 0 Å². The molecule has 0 spiro atoms. The van der Waals surface area contributed by atoms with Gasteiger partial charge in [-0.3, -0.25) is 0 Å². The maximum absolute atomic E-state index is 2.40. The van der Waals surface area contributed by atoms with Gasteiger partial charge in [-0.25, -0.2) is 0 Å². The van der Waals surface area contributed by atoms with Gasteiger partial charge >= 0.3 is 0 Å². The Hall–Kier alpha value is -1.56. The summed E-state index contributed by atoms with van der Waals surface area (Å²) >= 11 is 0. The molecule has 0 N–H and O–H groups in total. The van der Waals surface area contributed by atoms with Crippen molar-refractivity contribution >= 4 is 0 Å². The average molecular weight is 323 g/mol. The highest BCUT2D eigenvalue weighted by atomic mass is 14.2. The van der Waals surface area contributed by atoms with Crippen LogP contribution in [0, 0.1) is 10.8 Å². The van der Waals surface area contributed by atoms with E-state index < -0.39 is 0 Å². The van der Waals surface area contributed by atoms with Crippen LogP contribution < -0.4 is 0 Å². The Morgan fingerprint density at radius 3 is 1.29 bits per heavy atom. The molecule has 0 atom stereocenters. The predicted octanol–water partition coefficient (Wildman–Crippen LogP) is 7.31. The number of hydrogen-bond donors (Lipinski definition) is 0. The summed E-state index contributed by atoms with van der Waals surface area (Å²) in [4.78, 5) is 0. The molecule has 0 unspecified atom stereocenters. The highest BCUT2D eigenvalue weighted by Crippen LogP contribution is 2.31. The van der Waals surface area contributed by atoms with E-state index in [-0.39, 0.29) is 0 Å². The van der Waals surface area contributed by atoms with Gasteiger partial charge in [-0.1, -0.05) is 103 Å². The summed E-state index contributed by atoms with van der Waals surface area (Å²) in [6, 6.07) is 18.2. The van der Waals surface area contributed by atoms with Gasteiger partial charge in [0, 0.05) is 0 Å². The van der Waals surface area contributed by atoms with E-state index in [9.17, 15) is 0 Å². The van der Waals surface area contributed by atoms with Crippen LogP contribution in [0.2, 0.25) is 0 Å². The molecular weight excluding hydrogens is 288 g/mol. The van der Waals surface area contributed by atoms with Crippen LogP contribution in [0.4, 0.5) is 0 Å². The van der Waals surface area contributed by atoms with E-state index >= 15 is 0 Å². The highest BCUT2D eigenvalue weighted by molar-refractivity contribution is 5.64. The van der Waals surface area contributed by atoms with Gasteiger partial charge in [0.2, 0.25) is 0 Å². The Kier molecular flexibility index (Phi) is 5.91. The van der Waals surface area contributed by atoms with E-state index in [0.29, 0.717) is 10.8 Å². The Morgan fingerprint density at radius 2 is 0.958 bits per heavy atom. The first-order valence-electron chi connectivity index (χ1n) is 9.43. The van der Waals surface area contributed by atoms with Crippen molar-refractivity contribution in [3.8, 4) is 11.1 Å². The fraction of sp³-hybridized carbons (Fsp3) is 0.500. The van der Waals surface area contributed by atoms with Crippen LogP contribution in [-0.4, -0.2) is 0 Å². The van der Waals surface area contributed by atoms with E-state index in [2.05, 4.69) is 90.1 Å². The summed E-state index contributed by atoms with van der Waals surface area (Å²) in [6.45, 7) is 13.9. The largest absolute Gasteiger partial charge is 0.0649 e. The molecule has 130 valence electrons. The molecule has 2 rings (SSSR count). The van der Waals surface area contributed by atoms with Gasteiger partial charge in [-0.15, -0.1) is 0 Å². The van der Waals surface area contributed by atoms with Gasteiger partial charge in [-0.2, -0.15) is 0 Å². The average Bonchev–Trinajstić information content (AvgIpc) is 2.55. The van der Waals surface area contributed by atoms with E-state index in [4.69, 9.17) is 0 Å². The van der Waals surface area contributed by atoms with Crippen molar-refractivity contribution in [1.29, 1.82) is 0 Å². The summed E-state index contributed by atoms with van der Waals surface area (Å²) in [5, 5.41) is 0. The Bertz CT molecular complexity index is 619. The molecule has 0 aliphatic rings. The van der Waals surface area contributed by atoms with Gasteiger partial charge in [0.05, 0.1) is 0 Å². The Balaban J connectivity index is 2.10. The predicted molar refractivity (Wildman–Crippen MR) is 107 cm³/mol. The fourth-order valence-electron chi connectivity index (χ4n) is 3.24. The molecule has 0 nitrogen and oxygen atoms in total. The highest BCUT2D eigenvalue weighted by Gasteiger charge is 2.19. The van der Waals surface area contributed by atoms with Crippen molar-refractivity contribution in [3.63, 3.8) is 0 Å². The second-order valence-electron chi connectivity index (χ2n) is 8.83. The van der Waals surface area contributed by atoms with Crippen LogP contribution in [-0.2, 0) is 12.8 Å². The lowest BCUT2D eigenvalue weighted by atomic mass is 9.79. The van der Waals surface area contributed by atoms with Crippen LogP contribution in [0.5, 0.6) is 0 Å². The Labute approximate surface area is 149 Å². The molecule has 0 aromatic heterocycles. The first kappa shape index (κ1) is 18.8. The van der Waals surface area contributed by atoms with Crippen molar-refractivity contribution in [2.45, 2.75) is 67.2 Å². The van der Waals surface area contributed by atoms with E-state index in [1.807, 2.05) is 0 Å². The SMILES string of the molecule is CCC(C)(CC)Cc1ccc(-c2ccc(CC(C)(C)C)cc2)cc1. The lowest BCUT2D eigenvalue weighted by Gasteiger charge is -2.26. The van der Waals surface area contributed by atoms with E-state index in [1.54, 1.807) is 0 Å². The van der Waals surface area contributed by atoms with E-state index in [1.165, 1.54) is 41.5 Å². The molecular formula is C24H34. The number of hydrogen-bond acceptors (Lipinski definition) is 0. The minimum absolute atomic E-state index is 0.342. The molecule has 2 aromatic rings. The first-order valence-corrected chi connectivity index (χ1v) is 9.43. The molecule has 0 heterocycles. The van der Waals surface area contributed by atoms with Gasteiger partial charge in [0.1, 0.15) is 0 Å². The molecule has 0 amide bonds. The quantitative estimate of drug-likeness (QED) is 0.523. The minimum Gasteiger partial charge on any atom is -0.0649 e. The number of rotatable bonds is 6. The van der Waals surface area contributed by atoms with Crippen LogP contribution >= 0.6 is 0 Å². The normalized spacial score (nSPS) is 12.4. The zero-order chi connectivity index (χ0) is 17.8. The maximum atomic E-state index is 2.40. The third-order valence-electron chi connectivity index (χ3n) is 5.31.